The number of allylic oxidation sites excluding steroid dienone is 3. The van der Waals surface area contributed by atoms with E-state index in [1.54, 1.807) is 0 Å². The molecule has 1 radical (unpaired) electrons. The second kappa shape index (κ2) is 5.32. The van der Waals surface area contributed by atoms with Crippen molar-refractivity contribution in [1.82, 2.24) is 0 Å². The third-order valence-corrected chi connectivity index (χ3v) is 7.79. The van der Waals surface area contributed by atoms with Gasteiger partial charge in [-0.05, 0) is 18.1 Å². The molecule has 0 amide bonds. The highest BCUT2D eigenvalue weighted by molar-refractivity contribution is 7.17. The lowest BCUT2D eigenvalue weighted by molar-refractivity contribution is 1.42. The van der Waals surface area contributed by atoms with Crippen LogP contribution in [0.4, 0.5) is 0 Å². The second-order valence-electron chi connectivity index (χ2n) is 2.98. The molecule has 0 atom stereocenters. The molecule has 0 saturated carbocycles. The average molecular weight is 181 g/mol. The van der Waals surface area contributed by atoms with Crippen molar-refractivity contribution in [2.45, 2.75) is 18.1 Å². The van der Waals surface area contributed by atoms with E-state index in [0.29, 0.717) is 0 Å². The summed E-state index contributed by atoms with van der Waals surface area (Å²) < 4.78 is 0. The first-order chi connectivity index (χ1) is 5.18. The number of rotatable bonds is 6. The molecule has 0 fully saturated rings. The Morgan fingerprint density at radius 3 is 1.36 bits per heavy atom. The van der Waals surface area contributed by atoms with Gasteiger partial charge in [0, 0.05) is 17.4 Å². The molecule has 0 aliphatic rings. The van der Waals surface area contributed by atoms with Crippen LogP contribution in [-0.2, 0) is 0 Å². The molecule has 0 bridgehead atoms. The average Bonchev–Trinajstić information content (AvgIpc) is 1.88. The van der Waals surface area contributed by atoms with Crippen molar-refractivity contribution in [3.05, 3.63) is 38.0 Å². The maximum Gasteiger partial charge on any atom is 0.0478 e. The van der Waals surface area contributed by atoms with E-state index >= 15 is 0 Å². The van der Waals surface area contributed by atoms with Crippen LogP contribution in [0.2, 0.25) is 18.1 Å². The normalized spacial score (nSPS) is 10.6. The molecule has 0 aliphatic heterocycles. The molecule has 0 unspecified atom stereocenters. The molecule has 0 spiro atoms. The third-order valence-electron chi connectivity index (χ3n) is 1.73. The molecule has 0 aromatic rings. The Balaban J connectivity index is 4.09. The molecule has 11 heavy (non-hydrogen) atoms. The zero-order valence-corrected chi connectivity index (χ0v) is 9.60. The Labute approximate surface area is 73.9 Å². The SMILES string of the molecule is C=CC[Si]([SiH2])(CC=C)CC=C. The molecular weight excluding hydrogens is 164 g/mol. The van der Waals surface area contributed by atoms with E-state index in [2.05, 4.69) is 29.5 Å². The zero-order chi connectivity index (χ0) is 8.74. The summed E-state index contributed by atoms with van der Waals surface area (Å²) in [4.78, 5) is 0. The number of hydrogen-bond acceptors (Lipinski definition) is 0. The van der Waals surface area contributed by atoms with Gasteiger partial charge in [0.2, 0.25) is 0 Å². The van der Waals surface area contributed by atoms with Gasteiger partial charge in [0.1, 0.15) is 0 Å². The van der Waals surface area contributed by atoms with Crippen LogP contribution in [0, 0.1) is 0 Å². The summed E-state index contributed by atoms with van der Waals surface area (Å²) in [5, 5.41) is 0. The lowest BCUT2D eigenvalue weighted by Crippen LogP contribution is -2.32. The highest BCUT2D eigenvalue weighted by atomic mass is 29.2. The largest absolute Gasteiger partial charge is 0.103 e. The van der Waals surface area contributed by atoms with Crippen molar-refractivity contribution < 1.29 is 0 Å². The lowest BCUT2D eigenvalue weighted by Gasteiger charge is -2.22. The van der Waals surface area contributed by atoms with Gasteiger partial charge in [-0.3, -0.25) is 0 Å². The summed E-state index contributed by atoms with van der Waals surface area (Å²) in [6, 6.07) is 3.55. The third kappa shape index (κ3) is 4.16. The van der Waals surface area contributed by atoms with Crippen molar-refractivity contribution >= 4 is 17.4 Å². The molecule has 61 valence electrons. The van der Waals surface area contributed by atoms with Gasteiger partial charge in [0.15, 0.2) is 0 Å². The molecule has 0 nitrogen and oxygen atoms in total. The number of hydrogen-bond donors (Lipinski definition) is 0. The van der Waals surface area contributed by atoms with Crippen molar-refractivity contribution in [3.63, 3.8) is 0 Å². The van der Waals surface area contributed by atoms with Gasteiger partial charge in [0.05, 0.1) is 0 Å². The van der Waals surface area contributed by atoms with E-state index in [-0.39, 0.29) is 0 Å². The summed E-state index contributed by atoms with van der Waals surface area (Å²) >= 11 is 0. The molecule has 2 heteroatoms. The van der Waals surface area contributed by atoms with Gasteiger partial charge in [-0.1, -0.05) is 18.2 Å². The van der Waals surface area contributed by atoms with E-state index < -0.39 is 7.59 Å². The van der Waals surface area contributed by atoms with Crippen LogP contribution in [0.25, 0.3) is 0 Å². The standard InChI is InChI=1S/C9H17Si2/c1-4-7-11(10,8-5-2)9-6-3/h4-6H,1-3,7-10H2. The van der Waals surface area contributed by atoms with Gasteiger partial charge in [-0.2, -0.15) is 0 Å². The van der Waals surface area contributed by atoms with Gasteiger partial charge >= 0.3 is 0 Å². The summed E-state index contributed by atoms with van der Waals surface area (Å²) in [6.45, 7) is 11.3. The van der Waals surface area contributed by atoms with Gasteiger partial charge in [-0.25, -0.2) is 0 Å². The van der Waals surface area contributed by atoms with Gasteiger partial charge in [-0.15, -0.1) is 19.7 Å². The molecule has 0 aliphatic carbocycles. The highest BCUT2D eigenvalue weighted by Gasteiger charge is 2.21. The van der Waals surface area contributed by atoms with Crippen LogP contribution in [0.1, 0.15) is 0 Å². The Morgan fingerprint density at radius 1 is 0.909 bits per heavy atom. The lowest BCUT2D eigenvalue weighted by atomic mass is 10.7. The minimum atomic E-state index is -1.08. The van der Waals surface area contributed by atoms with E-state index in [1.807, 2.05) is 18.2 Å². The predicted octanol–water partition coefficient (Wildman–Crippen LogP) is 2.12. The molecule has 0 aromatic carbocycles. The Kier molecular flexibility index (Phi) is 5.16. The topological polar surface area (TPSA) is 0 Å². The quantitative estimate of drug-likeness (QED) is 0.435. The molecule has 0 N–H and O–H groups in total. The van der Waals surface area contributed by atoms with Crippen molar-refractivity contribution in [2.24, 2.45) is 0 Å². The molecular formula is C9H17Si2. The molecule has 0 rings (SSSR count). The molecule has 0 heterocycles. The minimum Gasteiger partial charge on any atom is -0.103 e. The van der Waals surface area contributed by atoms with Crippen molar-refractivity contribution in [1.29, 1.82) is 0 Å². The minimum absolute atomic E-state index is 1.08. The first-order valence-corrected chi connectivity index (χ1v) is 8.81. The summed E-state index contributed by atoms with van der Waals surface area (Å²) in [6.07, 6.45) is 6.10. The van der Waals surface area contributed by atoms with Crippen LogP contribution < -0.4 is 0 Å². The van der Waals surface area contributed by atoms with Gasteiger partial charge in [0.25, 0.3) is 0 Å². The Bertz CT molecular complexity index is 123. The zero-order valence-electron chi connectivity index (χ0n) is 7.18. The maximum absolute atomic E-state index is 3.78. The van der Waals surface area contributed by atoms with Crippen molar-refractivity contribution in [3.8, 4) is 0 Å². The smallest absolute Gasteiger partial charge is 0.0478 e. The Morgan fingerprint density at radius 2 is 1.18 bits per heavy atom. The molecule has 0 saturated heterocycles. The second-order valence-corrected chi connectivity index (χ2v) is 11.7. The van der Waals surface area contributed by atoms with E-state index in [4.69, 9.17) is 0 Å². The summed E-state index contributed by atoms with van der Waals surface area (Å²) in [5.41, 5.74) is 0. The highest BCUT2D eigenvalue weighted by Crippen LogP contribution is 2.18. The van der Waals surface area contributed by atoms with Crippen LogP contribution in [0.3, 0.4) is 0 Å². The fourth-order valence-corrected chi connectivity index (χ4v) is 5.34. The fourth-order valence-electron chi connectivity index (χ4n) is 1.17. The predicted molar refractivity (Wildman–Crippen MR) is 59.3 cm³/mol. The first kappa shape index (κ1) is 10.7. The maximum atomic E-state index is 3.78. The van der Waals surface area contributed by atoms with Crippen LogP contribution in [0.5, 0.6) is 0 Å². The van der Waals surface area contributed by atoms with Crippen LogP contribution >= 0.6 is 0 Å². The van der Waals surface area contributed by atoms with E-state index in [1.165, 1.54) is 18.1 Å². The summed E-state index contributed by atoms with van der Waals surface area (Å²) in [5.74, 6) is 0. The van der Waals surface area contributed by atoms with Gasteiger partial charge < -0.3 is 0 Å². The monoisotopic (exact) mass is 181 g/mol. The molecule has 0 aromatic heterocycles. The van der Waals surface area contributed by atoms with Crippen molar-refractivity contribution in [2.75, 3.05) is 0 Å². The van der Waals surface area contributed by atoms with Crippen LogP contribution in [0.15, 0.2) is 38.0 Å². The summed E-state index contributed by atoms with van der Waals surface area (Å²) in [7, 11) is 1.09. The van der Waals surface area contributed by atoms with E-state index in [9.17, 15) is 0 Å². The Hall–Kier alpha value is -0.346. The van der Waals surface area contributed by atoms with E-state index in [0.717, 1.165) is 0 Å². The van der Waals surface area contributed by atoms with Crippen LogP contribution in [-0.4, -0.2) is 17.4 Å². The fraction of sp³-hybridized carbons (Fsp3) is 0.333. The first-order valence-electron chi connectivity index (χ1n) is 3.86.